The van der Waals surface area contributed by atoms with Gasteiger partial charge in [-0.15, -0.1) is 0 Å². The topological polar surface area (TPSA) is 37.3 Å². The van der Waals surface area contributed by atoms with Crippen molar-refractivity contribution in [1.29, 1.82) is 0 Å². The fraction of sp³-hybridized carbons (Fsp3) is 0.182. The number of alkyl halides is 1. The van der Waals surface area contributed by atoms with Gasteiger partial charge in [0, 0.05) is 16.8 Å². The van der Waals surface area contributed by atoms with Gasteiger partial charge in [-0.2, -0.15) is 0 Å². The Morgan fingerprint density at radius 1 is 1.53 bits per heavy atom. The molecule has 0 heterocycles. The molecule has 4 heteroatoms. The first kappa shape index (κ1) is 12.1. The zero-order valence-corrected chi connectivity index (χ0v) is 10.1. The fourth-order valence-electron chi connectivity index (χ4n) is 1.01. The molecule has 1 aromatic carbocycles. The van der Waals surface area contributed by atoms with Gasteiger partial charge in [0.2, 0.25) is 0 Å². The van der Waals surface area contributed by atoms with E-state index >= 15 is 0 Å². The van der Waals surface area contributed by atoms with Crippen LogP contribution < -0.4 is 0 Å². The summed E-state index contributed by atoms with van der Waals surface area (Å²) in [6, 6.07) is 2.94. The van der Waals surface area contributed by atoms with Gasteiger partial charge in [0.05, 0.1) is 11.1 Å². The van der Waals surface area contributed by atoms with E-state index in [1.807, 2.05) is 0 Å². The molecule has 1 aromatic rings. The van der Waals surface area contributed by atoms with Gasteiger partial charge >= 0.3 is 0 Å². The summed E-state index contributed by atoms with van der Waals surface area (Å²) in [6.07, 6.45) is 1.22. The maximum atomic E-state index is 10.6. The minimum absolute atomic E-state index is 0.114. The second kappa shape index (κ2) is 5.79. The molecule has 0 radical (unpaired) electrons. The number of benzene rings is 1. The van der Waals surface area contributed by atoms with Crippen molar-refractivity contribution in [3.05, 3.63) is 28.3 Å². The lowest BCUT2D eigenvalue weighted by Gasteiger charge is -2.01. The molecule has 1 rings (SSSR count). The van der Waals surface area contributed by atoms with Gasteiger partial charge in [-0.3, -0.25) is 4.79 Å². The minimum atomic E-state index is -0.114. The number of carbonyl (C=O) groups excluding carboxylic acids is 1. The Labute approximate surface area is 101 Å². The molecule has 0 saturated carbocycles. The van der Waals surface area contributed by atoms with Crippen LogP contribution in [0.4, 0.5) is 0 Å². The highest BCUT2D eigenvalue weighted by Gasteiger charge is 2.06. The maximum absolute atomic E-state index is 10.6. The van der Waals surface area contributed by atoms with Crippen LogP contribution in [0.1, 0.15) is 22.3 Å². The Balaban J connectivity index is 3.13. The average Bonchev–Trinajstić information content (AvgIpc) is 2.23. The van der Waals surface area contributed by atoms with E-state index in [1.165, 1.54) is 12.1 Å². The monoisotopic (exact) mass is 286 g/mol. The van der Waals surface area contributed by atoms with Gasteiger partial charge in [0.1, 0.15) is 5.75 Å². The summed E-state index contributed by atoms with van der Waals surface area (Å²) < 4.78 is 0. The number of aromatic hydroxyl groups is 1. The predicted molar refractivity (Wildman–Crippen MR) is 63.8 cm³/mol. The number of phenols is 1. The summed E-state index contributed by atoms with van der Waals surface area (Å²) >= 11 is 9.00. The van der Waals surface area contributed by atoms with E-state index in [0.717, 1.165) is 5.33 Å². The molecule has 0 fully saturated rings. The molecule has 0 unspecified atom stereocenters. The van der Waals surface area contributed by atoms with Crippen molar-refractivity contribution in [1.82, 2.24) is 0 Å². The van der Waals surface area contributed by atoms with Gasteiger partial charge in [-0.05, 0) is 12.1 Å². The van der Waals surface area contributed by atoms with E-state index < -0.39 is 0 Å². The highest BCUT2D eigenvalue weighted by Crippen LogP contribution is 2.25. The van der Waals surface area contributed by atoms with Crippen molar-refractivity contribution in [2.24, 2.45) is 0 Å². The van der Waals surface area contributed by atoms with Crippen molar-refractivity contribution < 1.29 is 9.90 Å². The lowest BCUT2D eigenvalue weighted by Crippen LogP contribution is -1.86. The summed E-state index contributed by atoms with van der Waals surface area (Å²) in [6.45, 7) is 0. The maximum Gasteiger partial charge on any atom is 0.153 e. The molecule has 0 amide bonds. The van der Waals surface area contributed by atoms with E-state index in [4.69, 9.17) is 11.6 Å². The van der Waals surface area contributed by atoms with E-state index in [0.29, 0.717) is 23.3 Å². The predicted octanol–water partition coefficient (Wildman–Crippen LogP) is 2.99. The molecule has 0 aromatic heterocycles. The van der Waals surface area contributed by atoms with Gasteiger partial charge in [0.25, 0.3) is 0 Å². The third-order valence-corrected chi connectivity index (χ3v) is 2.29. The van der Waals surface area contributed by atoms with Gasteiger partial charge in [-0.1, -0.05) is 39.4 Å². The summed E-state index contributed by atoms with van der Waals surface area (Å²) in [7, 11) is 0. The third kappa shape index (κ3) is 3.26. The SMILES string of the molecule is O=Cc1cc(Cl)cc(C#CCCBr)c1O. The van der Waals surface area contributed by atoms with Crippen molar-refractivity contribution in [3.8, 4) is 17.6 Å². The second-order valence-electron chi connectivity index (χ2n) is 2.75. The number of rotatable bonds is 2. The van der Waals surface area contributed by atoms with Crippen molar-refractivity contribution in [2.45, 2.75) is 6.42 Å². The first-order valence-electron chi connectivity index (χ1n) is 4.21. The van der Waals surface area contributed by atoms with E-state index in [1.54, 1.807) is 0 Å². The first-order chi connectivity index (χ1) is 7.19. The van der Waals surface area contributed by atoms with Crippen LogP contribution in [0, 0.1) is 11.8 Å². The minimum Gasteiger partial charge on any atom is -0.506 e. The Hall–Kier alpha value is -0.980. The number of aldehydes is 1. The van der Waals surface area contributed by atoms with Gasteiger partial charge in [-0.25, -0.2) is 0 Å². The molecule has 0 bridgehead atoms. The zero-order valence-electron chi connectivity index (χ0n) is 7.76. The summed E-state index contributed by atoms with van der Waals surface area (Å²) in [5.41, 5.74) is 0.538. The number of carbonyl (C=O) groups is 1. The Morgan fingerprint density at radius 3 is 2.87 bits per heavy atom. The molecule has 0 spiro atoms. The second-order valence-corrected chi connectivity index (χ2v) is 3.98. The first-order valence-corrected chi connectivity index (χ1v) is 5.71. The third-order valence-electron chi connectivity index (χ3n) is 1.67. The van der Waals surface area contributed by atoms with Gasteiger partial charge < -0.3 is 5.11 Å². The molecular formula is C11H8BrClO2. The molecule has 0 aliphatic rings. The van der Waals surface area contributed by atoms with Crippen LogP contribution >= 0.6 is 27.5 Å². The van der Waals surface area contributed by atoms with Crippen LogP contribution in [-0.4, -0.2) is 16.7 Å². The van der Waals surface area contributed by atoms with Crippen molar-refractivity contribution in [3.63, 3.8) is 0 Å². The molecule has 0 atom stereocenters. The van der Waals surface area contributed by atoms with E-state index in [9.17, 15) is 9.90 Å². The number of hydrogen-bond donors (Lipinski definition) is 1. The van der Waals surface area contributed by atoms with Crippen LogP contribution in [0.3, 0.4) is 0 Å². The van der Waals surface area contributed by atoms with Crippen LogP contribution in [0.25, 0.3) is 0 Å². The standard InChI is InChI=1S/C11H8BrClO2/c12-4-2-1-3-8-5-10(13)6-9(7-14)11(8)15/h5-7,15H,2,4H2. The average molecular weight is 288 g/mol. The Bertz CT molecular complexity index is 432. The van der Waals surface area contributed by atoms with Crippen molar-refractivity contribution >= 4 is 33.8 Å². The van der Waals surface area contributed by atoms with E-state index in [-0.39, 0.29) is 11.3 Å². The lowest BCUT2D eigenvalue weighted by atomic mass is 10.1. The van der Waals surface area contributed by atoms with E-state index in [2.05, 4.69) is 27.8 Å². The van der Waals surface area contributed by atoms with Crippen LogP contribution in [0.5, 0.6) is 5.75 Å². The summed E-state index contributed by atoms with van der Waals surface area (Å²) in [5, 5.41) is 10.8. The summed E-state index contributed by atoms with van der Waals surface area (Å²) in [5.74, 6) is 5.48. The largest absolute Gasteiger partial charge is 0.506 e. The molecule has 0 aliphatic carbocycles. The normalized spacial score (nSPS) is 9.20. The molecule has 1 N–H and O–H groups in total. The number of halogens is 2. The molecule has 78 valence electrons. The highest BCUT2D eigenvalue weighted by atomic mass is 79.9. The zero-order chi connectivity index (χ0) is 11.3. The molecule has 0 aliphatic heterocycles. The Kier molecular flexibility index (Phi) is 4.67. The molecule has 2 nitrogen and oxygen atoms in total. The lowest BCUT2D eigenvalue weighted by molar-refractivity contribution is 0.112. The summed E-state index contributed by atoms with van der Waals surface area (Å²) in [4.78, 5) is 10.6. The molecule has 0 saturated heterocycles. The Morgan fingerprint density at radius 2 is 2.27 bits per heavy atom. The number of hydrogen-bond acceptors (Lipinski definition) is 2. The highest BCUT2D eigenvalue weighted by molar-refractivity contribution is 9.09. The fourth-order valence-corrected chi connectivity index (χ4v) is 1.44. The smallest absolute Gasteiger partial charge is 0.153 e. The molecular weight excluding hydrogens is 279 g/mol. The van der Waals surface area contributed by atoms with Crippen LogP contribution in [-0.2, 0) is 0 Å². The van der Waals surface area contributed by atoms with Crippen LogP contribution in [0.2, 0.25) is 5.02 Å². The van der Waals surface area contributed by atoms with Gasteiger partial charge in [0.15, 0.2) is 6.29 Å². The number of phenolic OH excluding ortho intramolecular Hbond substituents is 1. The quantitative estimate of drug-likeness (QED) is 0.516. The van der Waals surface area contributed by atoms with Crippen LogP contribution in [0.15, 0.2) is 12.1 Å². The molecule has 15 heavy (non-hydrogen) atoms. The van der Waals surface area contributed by atoms with Crippen molar-refractivity contribution in [2.75, 3.05) is 5.33 Å².